The lowest BCUT2D eigenvalue weighted by Crippen LogP contribution is -2.45. The number of nitro benzene ring substituents is 1. The Labute approximate surface area is 123 Å². The molecule has 0 spiro atoms. The van der Waals surface area contributed by atoms with Crippen LogP contribution in [0.1, 0.15) is 19.3 Å². The summed E-state index contributed by atoms with van der Waals surface area (Å²) in [6, 6.07) is 2.56. The van der Waals surface area contributed by atoms with Crippen LogP contribution in [0.4, 0.5) is 15.8 Å². The molecule has 1 atom stereocenters. The number of piperidine rings is 1. The molecule has 0 aliphatic carbocycles. The number of anilines is 1. The van der Waals surface area contributed by atoms with Gasteiger partial charge in [-0.25, -0.2) is 4.39 Å². The molecule has 1 fully saturated rings. The first-order valence-electron chi connectivity index (χ1n) is 7.01. The molecule has 1 N–H and O–H groups in total. The molecule has 116 valence electrons. The average molecular weight is 297 g/mol. The Morgan fingerprint density at radius 3 is 2.90 bits per heavy atom. The number of methoxy groups -OCH3 is 1. The number of rotatable bonds is 5. The molecule has 1 aliphatic heterocycles. The maximum Gasteiger partial charge on any atom is 0.313 e. The van der Waals surface area contributed by atoms with Gasteiger partial charge >= 0.3 is 5.69 Å². The van der Waals surface area contributed by atoms with E-state index in [1.54, 1.807) is 0 Å². The van der Waals surface area contributed by atoms with Crippen LogP contribution in [-0.4, -0.2) is 38.2 Å². The van der Waals surface area contributed by atoms with E-state index < -0.39 is 10.7 Å². The van der Waals surface area contributed by atoms with E-state index in [2.05, 4.69) is 5.32 Å². The van der Waals surface area contributed by atoms with Gasteiger partial charge in [0.2, 0.25) is 0 Å². The zero-order valence-electron chi connectivity index (χ0n) is 12.3. The van der Waals surface area contributed by atoms with Crippen LogP contribution in [0.15, 0.2) is 12.1 Å². The summed E-state index contributed by atoms with van der Waals surface area (Å²) < 4.78 is 19.3. The fourth-order valence-corrected chi connectivity index (χ4v) is 2.82. The molecule has 7 heteroatoms. The first-order chi connectivity index (χ1) is 10.1. The van der Waals surface area contributed by atoms with Crippen LogP contribution in [0, 0.1) is 15.9 Å². The predicted octanol–water partition coefficient (Wildman–Crippen LogP) is 2.32. The molecule has 1 aromatic rings. The Morgan fingerprint density at radius 1 is 1.52 bits per heavy atom. The first-order valence-corrected chi connectivity index (χ1v) is 7.01. The highest BCUT2D eigenvalue weighted by molar-refractivity contribution is 5.61. The predicted molar refractivity (Wildman–Crippen MR) is 78.5 cm³/mol. The molecule has 1 saturated heterocycles. The molecule has 0 amide bonds. The highest BCUT2D eigenvalue weighted by Gasteiger charge is 2.27. The van der Waals surface area contributed by atoms with E-state index in [1.807, 2.05) is 11.9 Å². The van der Waals surface area contributed by atoms with Crippen molar-refractivity contribution in [3.05, 3.63) is 28.1 Å². The Morgan fingerprint density at radius 2 is 2.29 bits per heavy atom. The van der Waals surface area contributed by atoms with Crippen LogP contribution in [-0.2, 0) is 0 Å². The van der Waals surface area contributed by atoms with Crippen molar-refractivity contribution in [1.29, 1.82) is 0 Å². The minimum absolute atomic E-state index is 0.0881. The van der Waals surface area contributed by atoms with Gasteiger partial charge < -0.3 is 15.0 Å². The van der Waals surface area contributed by atoms with Gasteiger partial charge in [-0.15, -0.1) is 0 Å². The number of nitrogens with one attached hydrogen (secondary N) is 1. The summed E-state index contributed by atoms with van der Waals surface area (Å²) in [5, 5.41) is 14.0. The lowest BCUT2D eigenvalue weighted by molar-refractivity contribution is -0.385. The Hall–Kier alpha value is -1.89. The van der Waals surface area contributed by atoms with E-state index in [9.17, 15) is 14.5 Å². The zero-order chi connectivity index (χ0) is 15.4. The van der Waals surface area contributed by atoms with Crippen LogP contribution < -0.4 is 15.0 Å². The fourth-order valence-electron chi connectivity index (χ4n) is 2.82. The number of benzene rings is 1. The quantitative estimate of drug-likeness (QED) is 0.667. The third-order valence-corrected chi connectivity index (χ3v) is 3.82. The zero-order valence-corrected chi connectivity index (χ0v) is 12.3. The van der Waals surface area contributed by atoms with Crippen molar-refractivity contribution in [2.45, 2.75) is 25.3 Å². The number of ether oxygens (including phenoxy) is 1. The van der Waals surface area contributed by atoms with Gasteiger partial charge in [0.05, 0.1) is 23.8 Å². The largest absolute Gasteiger partial charge is 0.490 e. The van der Waals surface area contributed by atoms with Crippen LogP contribution in [0.2, 0.25) is 0 Å². The molecule has 1 aliphatic rings. The van der Waals surface area contributed by atoms with Gasteiger partial charge in [-0.3, -0.25) is 10.1 Å². The molecule has 21 heavy (non-hydrogen) atoms. The standard InChI is InChI=1S/C14H20FN3O3/c1-16-9-10-5-3-4-6-17(10)12-8-14(21-2)13(18(19)20)7-11(12)15/h7-8,10,16H,3-6,9H2,1-2H3. The van der Waals surface area contributed by atoms with E-state index in [-0.39, 0.29) is 17.5 Å². The van der Waals surface area contributed by atoms with E-state index in [1.165, 1.54) is 13.2 Å². The van der Waals surface area contributed by atoms with Gasteiger partial charge in [-0.1, -0.05) is 0 Å². The Kier molecular flexibility index (Phi) is 4.95. The SMILES string of the molecule is CNCC1CCCCN1c1cc(OC)c([N+](=O)[O-])cc1F. The summed E-state index contributed by atoms with van der Waals surface area (Å²) in [7, 11) is 3.21. The van der Waals surface area contributed by atoms with Gasteiger partial charge in [-0.05, 0) is 26.3 Å². The third kappa shape index (κ3) is 3.24. The molecule has 1 heterocycles. The van der Waals surface area contributed by atoms with Crippen molar-refractivity contribution in [3.8, 4) is 5.75 Å². The Balaban J connectivity index is 2.39. The monoisotopic (exact) mass is 297 g/mol. The highest BCUT2D eigenvalue weighted by atomic mass is 19.1. The first kappa shape index (κ1) is 15.5. The van der Waals surface area contributed by atoms with Crippen molar-refractivity contribution in [1.82, 2.24) is 5.32 Å². The second-order valence-electron chi connectivity index (χ2n) is 5.13. The van der Waals surface area contributed by atoms with E-state index in [0.29, 0.717) is 5.69 Å². The number of halogens is 1. The van der Waals surface area contributed by atoms with Crippen LogP contribution in [0.5, 0.6) is 5.75 Å². The smallest absolute Gasteiger partial charge is 0.313 e. The van der Waals surface area contributed by atoms with Gasteiger partial charge in [0.1, 0.15) is 0 Å². The summed E-state index contributed by atoms with van der Waals surface area (Å²) in [6.45, 7) is 1.49. The lowest BCUT2D eigenvalue weighted by Gasteiger charge is -2.37. The molecular formula is C14H20FN3O3. The van der Waals surface area contributed by atoms with Crippen molar-refractivity contribution in [2.75, 3.05) is 32.1 Å². The molecule has 0 radical (unpaired) electrons. The summed E-state index contributed by atoms with van der Waals surface area (Å²) in [6.07, 6.45) is 3.06. The molecular weight excluding hydrogens is 277 g/mol. The lowest BCUT2D eigenvalue weighted by atomic mass is 10.0. The molecule has 0 saturated carbocycles. The number of hydrogen-bond acceptors (Lipinski definition) is 5. The molecule has 0 bridgehead atoms. The second kappa shape index (κ2) is 6.71. The normalized spacial score (nSPS) is 18.6. The summed E-state index contributed by atoms with van der Waals surface area (Å²) in [4.78, 5) is 12.3. The molecule has 1 unspecified atom stereocenters. The van der Waals surface area contributed by atoms with Crippen LogP contribution in [0.25, 0.3) is 0 Å². The van der Waals surface area contributed by atoms with E-state index in [4.69, 9.17) is 4.74 Å². The third-order valence-electron chi connectivity index (χ3n) is 3.82. The summed E-state index contributed by atoms with van der Waals surface area (Å²) in [5.74, 6) is -0.490. The van der Waals surface area contributed by atoms with E-state index in [0.717, 1.165) is 38.4 Å². The molecule has 6 nitrogen and oxygen atoms in total. The average Bonchev–Trinajstić information content (AvgIpc) is 2.48. The second-order valence-corrected chi connectivity index (χ2v) is 5.13. The maximum atomic E-state index is 14.3. The molecule has 2 rings (SSSR count). The van der Waals surface area contributed by atoms with Crippen LogP contribution in [0.3, 0.4) is 0 Å². The van der Waals surface area contributed by atoms with Gasteiger partial charge in [0, 0.05) is 25.2 Å². The number of nitro groups is 1. The van der Waals surface area contributed by atoms with Crippen LogP contribution >= 0.6 is 0 Å². The van der Waals surface area contributed by atoms with Crippen molar-refractivity contribution < 1.29 is 14.1 Å². The maximum absolute atomic E-state index is 14.3. The topological polar surface area (TPSA) is 67.6 Å². The Bertz CT molecular complexity index is 522. The van der Waals surface area contributed by atoms with Crippen molar-refractivity contribution in [2.24, 2.45) is 0 Å². The highest BCUT2D eigenvalue weighted by Crippen LogP contribution is 2.36. The van der Waals surface area contributed by atoms with Crippen molar-refractivity contribution in [3.63, 3.8) is 0 Å². The number of likely N-dealkylation sites (N-methyl/N-ethyl adjacent to an activating group) is 1. The minimum Gasteiger partial charge on any atom is -0.490 e. The molecule has 1 aromatic carbocycles. The van der Waals surface area contributed by atoms with E-state index >= 15 is 0 Å². The summed E-state index contributed by atoms with van der Waals surface area (Å²) in [5.41, 5.74) is 0.0262. The van der Waals surface area contributed by atoms with Gasteiger partial charge in [0.15, 0.2) is 11.6 Å². The minimum atomic E-state index is -0.632. The van der Waals surface area contributed by atoms with Gasteiger partial charge in [-0.2, -0.15) is 0 Å². The number of nitrogens with zero attached hydrogens (tertiary/aromatic N) is 2. The summed E-state index contributed by atoms with van der Waals surface area (Å²) >= 11 is 0. The number of hydrogen-bond donors (Lipinski definition) is 1. The van der Waals surface area contributed by atoms with Gasteiger partial charge in [0.25, 0.3) is 0 Å². The van der Waals surface area contributed by atoms with Crippen molar-refractivity contribution >= 4 is 11.4 Å². The fraction of sp³-hybridized carbons (Fsp3) is 0.571. The molecule has 0 aromatic heterocycles.